The van der Waals surface area contributed by atoms with Crippen molar-refractivity contribution in [3.05, 3.63) is 17.5 Å². The maximum atomic E-state index is 12.7. The van der Waals surface area contributed by atoms with Gasteiger partial charge >= 0.3 is 6.18 Å². The molecule has 1 aromatic heterocycles. The molecule has 2 amide bonds. The molecule has 1 atom stereocenters. The summed E-state index contributed by atoms with van der Waals surface area (Å²) in [6.45, 7) is 1.97. The number of aromatic nitrogens is 2. The van der Waals surface area contributed by atoms with Crippen LogP contribution >= 0.6 is 0 Å². The molecule has 1 N–H and O–H groups in total. The second-order valence-electron chi connectivity index (χ2n) is 7.10. The van der Waals surface area contributed by atoms with Crippen LogP contribution < -0.4 is 0 Å². The zero-order valence-corrected chi connectivity index (χ0v) is 14.8. The normalized spacial score (nSPS) is 25.7. The molecular weight excluding hydrogens is 351 g/mol. The summed E-state index contributed by atoms with van der Waals surface area (Å²) in [7, 11) is 3.73. The highest BCUT2D eigenvalue weighted by Crippen LogP contribution is 2.33. The predicted molar refractivity (Wildman–Crippen MR) is 86.3 cm³/mol. The zero-order chi connectivity index (χ0) is 19.1. The van der Waals surface area contributed by atoms with Crippen LogP contribution in [-0.2, 0) is 11.0 Å². The van der Waals surface area contributed by atoms with Crippen LogP contribution in [0.25, 0.3) is 0 Å². The summed E-state index contributed by atoms with van der Waals surface area (Å²) in [5.41, 5.74) is -1.62. The highest BCUT2D eigenvalue weighted by Gasteiger charge is 2.43. The molecule has 1 aromatic rings. The Balaban J connectivity index is 1.78. The fourth-order valence-corrected chi connectivity index (χ4v) is 3.67. The summed E-state index contributed by atoms with van der Waals surface area (Å²) in [4.78, 5) is 30.1. The lowest BCUT2D eigenvalue weighted by Crippen LogP contribution is -2.62. The van der Waals surface area contributed by atoms with E-state index in [2.05, 4.69) is 10.00 Å². The topological polar surface area (TPSA) is 72.5 Å². The zero-order valence-electron chi connectivity index (χ0n) is 14.8. The monoisotopic (exact) mass is 373 g/mol. The van der Waals surface area contributed by atoms with E-state index in [0.717, 1.165) is 6.07 Å². The molecule has 7 nitrogen and oxygen atoms in total. The van der Waals surface area contributed by atoms with Gasteiger partial charge in [0.1, 0.15) is 5.69 Å². The van der Waals surface area contributed by atoms with E-state index >= 15 is 0 Å². The summed E-state index contributed by atoms with van der Waals surface area (Å²) in [6, 6.07) is 0.748. The third kappa shape index (κ3) is 3.42. The molecule has 0 aromatic carbocycles. The fraction of sp³-hybridized carbons (Fsp3) is 0.688. The van der Waals surface area contributed by atoms with Gasteiger partial charge in [0.25, 0.3) is 5.91 Å². The van der Waals surface area contributed by atoms with E-state index in [0.29, 0.717) is 45.4 Å². The molecular formula is C16H22F3N5O2. The minimum absolute atomic E-state index is 0.0702. The lowest BCUT2D eigenvalue weighted by molar-refractivity contribution is -0.141. The molecule has 0 unspecified atom stereocenters. The van der Waals surface area contributed by atoms with Gasteiger partial charge in [-0.05, 0) is 19.9 Å². The Bertz CT molecular complexity index is 704. The van der Waals surface area contributed by atoms with Crippen molar-refractivity contribution < 1.29 is 22.8 Å². The number of hydrogen-bond acceptors (Lipinski definition) is 4. The van der Waals surface area contributed by atoms with Gasteiger partial charge in [0.15, 0.2) is 5.69 Å². The standard InChI is InChI=1S/C16H22F3N5O2/c1-22-6-5-15(4-3-13(22)25)10-24(8-7-23(15)2)14(26)11-9-12(21-20-11)16(17,18)19/h9H,3-8,10H2,1-2H3,(H,20,21)/t15-/m0/s1. The Morgan fingerprint density at radius 1 is 1.23 bits per heavy atom. The van der Waals surface area contributed by atoms with Crippen LogP contribution in [0.2, 0.25) is 0 Å². The van der Waals surface area contributed by atoms with Crippen LogP contribution in [0.3, 0.4) is 0 Å². The summed E-state index contributed by atoms with van der Waals surface area (Å²) in [5, 5.41) is 5.42. The van der Waals surface area contributed by atoms with Crippen molar-refractivity contribution in [3.8, 4) is 0 Å². The number of amides is 2. The Morgan fingerprint density at radius 2 is 1.96 bits per heavy atom. The third-order valence-corrected chi connectivity index (χ3v) is 5.53. The number of hydrogen-bond donors (Lipinski definition) is 1. The first-order valence-corrected chi connectivity index (χ1v) is 8.49. The van der Waals surface area contributed by atoms with Gasteiger partial charge < -0.3 is 9.80 Å². The predicted octanol–water partition coefficient (Wildman–Crippen LogP) is 1.20. The molecule has 2 saturated heterocycles. The van der Waals surface area contributed by atoms with E-state index in [-0.39, 0.29) is 17.1 Å². The molecule has 2 aliphatic heterocycles. The Labute approximate surface area is 149 Å². The number of halogens is 3. The van der Waals surface area contributed by atoms with Gasteiger partial charge in [-0.25, -0.2) is 0 Å². The average molecular weight is 373 g/mol. The average Bonchev–Trinajstić information content (AvgIpc) is 3.04. The van der Waals surface area contributed by atoms with E-state index in [9.17, 15) is 22.8 Å². The highest BCUT2D eigenvalue weighted by atomic mass is 19.4. The van der Waals surface area contributed by atoms with Crippen LogP contribution in [0.15, 0.2) is 6.07 Å². The van der Waals surface area contributed by atoms with Crippen molar-refractivity contribution in [2.24, 2.45) is 0 Å². The maximum Gasteiger partial charge on any atom is 0.432 e. The minimum atomic E-state index is -4.57. The third-order valence-electron chi connectivity index (χ3n) is 5.53. The number of nitrogens with one attached hydrogen (secondary N) is 1. The molecule has 1 spiro atoms. The molecule has 3 heterocycles. The van der Waals surface area contributed by atoms with Gasteiger partial charge in [0.2, 0.25) is 5.91 Å². The number of H-pyrrole nitrogens is 1. The van der Waals surface area contributed by atoms with Crippen LogP contribution in [0, 0.1) is 0 Å². The number of rotatable bonds is 1. The second kappa shape index (κ2) is 6.57. The van der Waals surface area contributed by atoms with E-state index < -0.39 is 17.8 Å². The van der Waals surface area contributed by atoms with Crippen molar-refractivity contribution in [1.82, 2.24) is 24.9 Å². The van der Waals surface area contributed by atoms with Crippen LogP contribution in [-0.4, -0.2) is 82.5 Å². The quantitative estimate of drug-likeness (QED) is 0.803. The number of alkyl halides is 3. The lowest BCUT2D eigenvalue weighted by atomic mass is 9.86. The van der Waals surface area contributed by atoms with Crippen LogP contribution in [0.4, 0.5) is 13.2 Å². The number of piperazine rings is 1. The number of nitrogens with zero attached hydrogens (tertiary/aromatic N) is 4. The summed E-state index contributed by atoms with van der Waals surface area (Å²) >= 11 is 0. The van der Waals surface area contributed by atoms with Crippen molar-refractivity contribution in [3.63, 3.8) is 0 Å². The molecule has 10 heteroatoms. The Morgan fingerprint density at radius 3 is 2.62 bits per heavy atom. The first-order chi connectivity index (χ1) is 12.1. The Kier molecular flexibility index (Phi) is 4.72. The first-order valence-electron chi connectivity index (χ1n) is 8.49. The van der Waals surface area contributed by atoms with Crippen molar-refractivity contribution in [1.29, 1.82) is 0 Å². The summed E-state index contributed by atoms with van der Waals surface area (Å²) in [6.07, 6.45) is -2.85. The number of carbonyl (C=O) groups excluding carboxylic acids is 2. The van der Waals surface area contributed by atoms with E-state index in [1.54, 1.807) is 16.8 Å². The van der Waals surface area contributed by atoms with Gasteiger partial charge in [0.05, 0.1) is 0 Å². The van der Waals surface area contributed by atoms with Crippen molar-refractivity contribution >= 4 is 11.8 Å². The van der Waals surface area contributed by atoms with E-state index in [1.807, 2.05) is 12.1 Å². The van der Waals surface area contributed by atoms with Gasteiger partial charge in [-0.3, -0.25) is 19.6 Å². The largest absolute Gasteiger partial charge is 0.432 e. The fourth-order valence-electron chi connectivity index (χ4n) is 3.67. The van der Waals surface area contributed by atoms with Crippen molar-refractivity contribution in [2.75, 3.05) is 40.3 Å². The molecule has 2 fully saturated rings. The molecule has 2 aliphatic rings. The second-order valence-corrected chi connectivity index (χ2v) is 7.10. The molecule has 144 valence electrons. The number of likely N-dealkylation sites (N-methyl/N-ethyl adjacent to an activating group) is 1. The van der Waals surface area contributed by atoms with E-state index in [4.69, 9.17) is 0 Å². The SMILES string of the molecule is CN1CC[C@@]2(CCC1=O)CN(C(=O)c1cc(C(F)(F)F)[nH]n1)CCN2C. The molecule has 0 radical (unpaired) electrons. The highest BCUT2D eigenvalue weighted by molar-refractivity contribution is 5.92. The van der Waals surface area contributed by atoms with Crippen LogP contribution in [0.1, 0.15) is 35.4 Å². The number of carbonyl (C=O) groups is 2. The van der Waals surface area contributed by atoms with Gasteiger partial charge in [0, 0.05) is 51.3 Å². The maximum absolute atomic E-state index is 12.7. The smallest absolute Gasteiger partial charge is 0.346 e. The van der Waals surface area contributed by atoms with Gasteiger partial charge in [-0.1, -0.05) is 0 Å². The number of aromatic amines is 1. The minimum Gasteiger partial charge on any atom is -0.346 e. The molecule has 26 heavy (non-hydrogen) atoms. The van der Waals surface area contributed by atoms with E-state index in [1.165, 1.54) is 0 Å². The van der Waals surface area contributed by atoms with Crippen molar-refractivity contribution in [2.45, 2.75) is 31.0 Å². The molecule has 3 rings (SSSR count). The lowest BCUT2D eigenvalue weighted by Gasteiger charge is -2.49. The molecule has 0 aliphatic carbocycles. The van der Waals surface area contributed by atoms with Crippen LogP contribution in [0.5, 0.6) is 0 Å². The number of likely N-dealkylation sites (tertiary alicyclic amines) is 1. The Hall–Kier alpha value is -2.10. The first kappa shape index (κ1) is 18.7. The molecule has 0 bridgehead atoms. The molecule has 0 saturated carbocycles. The summed E-state index contributed by atoms with van der Waals surface area (Å²) in [5.74, 6) is -0.450. The summed E-state index contributed by atoms with van der Waals surface area (Å²) < 4.78 is 38.2. The van der Waals surface area contributed by atoms with Gasteiger partial charge in [-0.15, -0.1) is 0 Å². The van der Waals surface area contributed by atoms with Gasteiger partial charge in [-0.2, -0.15) is 18.3 Å².